The van der Waals surface area contributed by atoms with Gasteiger partial charge in [0, 0.05) is 18.6 Å². The molecule has 2 N–H and O–H groups in total. The van der Waals surface area contributed by atoms with Crippen molar-refractivity contribution in [3.05, 3.63) is 35.9 Å². The summed E-state index contributed by atoms with van der Waals surface area (Å²) in [6, 6.07) is 10.7. The molecule has 0 aliphatic heterocycles. The first-order valence-corrected chi connectivity index (χ1v) is 6.61. The van der Waals surface area contributed by atoms with E-state index in [-0.39, 0.29) is 5.54 Å². The number of rotatable bonds is 5. The number of nitrogens with two attached hydrogens (primary N) is 1. The number of likely N-dealkylation sites (N-methyl/N-ethyl adjacent to an activating group) is 1. The highest BCUT2D eigenvalue weighted by Crippen LogP contribution is 2.40. The first-order valence-electron chi connectivity index (χ1n) is 6.61. The Morgan fingerprint density at radius 2 is 1.94 bits per heavy atom. The average molecular weight is 232 g/mol. The second-order valence-corrected chi connectivity index (χ2v) is 5.60. The Balaban J connectivity index is 1.87. The summed E-state index contributed by atoms with van der Waals surface area (Å²) < 4.78 is 0. The van der Waals surface area contributed by atoms with Gasteiger partial charge in [-0.15, -0.1) is 0 Å². The van der Waals surface area contributed by atoms with Crippen LogP contribution in [0.1, 0.15) is 25.3 Å². The third-order valence-corrected chi connectivity index (χ3v) is 4.23. The Hall–Kier alpha value is -0.860. The van der Waals surface area contributed by atoms with Gasteiger partial charge in [-0.25, -0.2) is 0 Å². The van der Waals surface area contributed by atoms with Crippen LogP contribution in [-0.4, -0.2) is 30.6 Å². The summed E-state index contributed by atoms with van der Waals surface area (Å²) in [5.41, 5.74) is 7.66. The maximum atomic E-state index is 5.96. The fraction of sp³-hybridized carbons (Fsp3) is 0.600. The SMILES string of the molecule is CC1CC(CN)(N(C)CCc2ccccc2)C1. The Bertz CT molecular complexity index is 341. The van der Waals surface area contributed by atoms with Gasteiger partial charge in [0.2, 0.25) is 0 Å². The molecule has 1 fully saturated rings. The minimum Gasteiger partial charge on any atom is -0.329 e. The van der Waals surface area contributed by atoms with E-state index in [9.17, 15) is 0 Å². The molecule has 17 heavy (non-hydrogen) atoms. The summed E-state index contributed by atoms with van der Waals surface area (Å²) in [7, 11) is 2.22. The summed E-state index contributed by atoms with van der Waals surface area (Å²) in [5, 5.41) is 0. The van der Waals surface area contributed by atoms with Gasteiger partial charge < -0.3 is 5.73 Å². The lowest BCUT2D eigenvalue weighted by Crippen LogP contribution is -2.60. The number of hydrogen-bond donors (Lipinski definition) is 1. The van der Waals surface area contributed by atoms with Crippen molar-refractivity contribution >= 4 is 0 Å². The summed E-state index contributed by atoms with van der Waals surface area (Å²) in [6.45, 7) is 4.22. The predicted molar refractivity (Wildman–Crippen MR) is 73.0 cm³/mol. The Morgan fingerprint density at radius 1 is 1.29 bits per heavy atom. The smallest absolute Gasteiger partial charge is 0.0333 e. The summed E-state index contributed by atoms with van der Waals surface area (Å²) in [6.07, 6.45) is 3.64. The largest absolute Gasteiger partial charge is 0.329 e. The summed E-state index contributed by atoms with van der Waals surface area (Å²) >= 11 is 0. The van der Waals surface area contributed by atoms with Crippen molar-refractivity contribution in [3.63, 3.8) is 0 Å². The molecule has 1 aromatic rings. The van der Waals surface area contributed by atoms with E-state index in [0.717, 1.165) is 25.4 Å². The van der Waals surface area contributed by atoms with Crippen molar-refractivity contribution < 1.29 is 0 Å². The molecule has 1 aromatic carbocycles. The minimum absolute atomic E-state index is 0.286. The molecule has 0 heterocycles. The van der Waals surface area contributed by atoms with Crippen LogP contribution >= 0.6 is 0 Å². The van der Waals surface area contributed by atoms with E-state index in [1.807, 2.05) is 0 Å². The zero-order valence-corrected chi connectivity index (χ0v) is 11.0. The van der Waals surface area contributed by atoms with Crippen LogP contribution in [0.25, 0.3) is 0 Å². The van der Waals surface area contributed by atoms with Crippen LogP contribution in [0.4, 0.5) is 0 Å². The van der Waals surface area contributed by atoms with Crippen LogP contribution in [0.2, 0.25) is 0 Å². The van der Waals surface area contributed by atoms with Crippen LogP contribution in [0, 0.1) is 5.92 Å². The lowest BCUT2D eigenvalue weighted by atomic mass is 9.68. The topological polar surface area (TPSA) is 29.3 Å². The molecule has 1 aliphatic rings. The Kier molecular flexibility index (Phi) is 3.85. The van der Waals surface area contributed by atoms with Crippen molar-refractivity contribution in [1.29, 1.82) is 0 Å². The van der Waals surface area contributed by atoms with Crippen molar-refractivity contribution in [2.75, 3.05) is 20.1 Å². The van der Waals surface area contributed by atoms with Crippen molar-refractivity contribution in [2.24, 2.45) is 11.7 Å². The normalized spacial score (nSPS) is 28.1. The van der Waals surface area contributed by atoms with Crippen molar-refractivity contribution in [2.45, 2.75) is 31.7 Å². The van der Waals surface area contributed by atoms with Gasteiger partial charge in [-0.2, -0.15) is 0 Å². The van der Waals surface area contributed by atoms with E-state index >= 15 is 0 Å². The Morgan fingerprint density at radius 3 is 2.47 bits per heavy atom. The molecule has 0 radical (unpaired) electrons. The number of benzene rings is 1. The molecule has 2 rings (SSSR count). The van der Waals surface area contributed by atoms with Crippen molar-refractivity contribution in [1.82, 2.24) is 4.90 Å². The van der Waals surface area contributed by atoms with Gasteiger partial charge in [0.25, 0.3) is 0 Å². The van der Waals surface area contributed by atoms with Gasteiger partial charge in [-0.3, -0.25) is 4.90 Å². The molecule has 1 saturated carbocycles. The second kappa shape index (κ2) is 5.19. The van der Waals surface area contributed by atoms with E-state index in [1.54, 1.807) is 0 Å². The Labute approximate surface area is 105 Å². The molecule has 0 saturated heterocycles. The highest BCUT2D eigenvalue weighted by atomic mass is 15.2. The van der Waals surface area contributed by atoms with Gasteiger partial charge in [-0.1, -0.05) is 37.3 Å². The molecule has 0 aromatic heterocycles. The molecule has 0 amide bonds. The maximum Gasteiger partial charge on any atom is 0.0333 e. The molecular formula is C15H24N2. The first kappa shape index (κ1) is 12.6. The molecular weight excluding hydrogens is 208 g/mol. The minimum atomic E-state index is 0.286. The quantitative estimate of drug-likeness (QED) is 0.844. The highest BCUT2D eigenvalue weighted by Gasteiger charge is 2.43. The molecule has 2 heteroatoms. The lowest BCUT2D eigenvalue weighted by Gasteiger charge is -2.52. The third kappa shape index (κ3) is 2.70. The first-order chi connectivity index (χ1) is 8.16. The van der Waals surface area contributed by atoms with E-state index in [0.29, 0.717) is 0 Å². The molecule has 0 spiro atoms. The monoisotopic (exact) mass is 232 g/mol. The molecule has 94 valence electrons. The summed E-state index contributed by atoms with van der Waals surface area (Å²) in [5.74, 6) is 0.845. The van der Waals surface area contributed by atoms with Gasteiger partial charge >= 0.3 is 0 Å². The van der Waals surface area contributed by atoms with Crippen LogP contribution < -0.4 is 5.73 Å². The van der Waals surface area contributed by atoms with Gasteiger partial charge in [0.15, 0.2) is 0 Å². The fourth-order valence-corrected chi connectivity index (χ4v) is 3.05. The number of nitrogens with zero attached hydrogens (tertiary/aromatic N) is 1. The van der Waals surface area contributed by atoms with Crippen LogP contribution in [0.15, 0.2) is 30.3 Å². The molecule has 1 aliphatic carbocycles. The molecule has 0 bridgehead atoms. The van der Waals surface area contributed by atoms with Gasteiger partial charge in [0.05, 0.1) is 0 Å². The lowest BCUT2D eigenvalue weighted by molar-refractivity contribution is 0.00661. The maximum absolute atomic E-state index is 5.96. The zero-order valence-electron chi connectivity index (χ0n) is 11.0. The standard InChI is InChI=1S/C15H24N2/c1-13-10-15(11-13,12-16)17(2)9-8-14-6-4-3-5-7-14/h3-7,13H,8-12,16H2,1-2H3. The predicted octanol–water partition coefficient (Wildman–Crippen LogP) is 2.29. The molecule has 0 atom stereocenters. The van der Waals surface area contributed by atoms with Crippen LogP contribution in [-0.2, 0) is 6.42 Å². The van der Waals surface area contributed by atoms with Gasteiger partial charge in [0.1, 0.15) is 0 Å². The molecule has 0 unspecified atom stereocenters. The zero-order chi connectivity index (χ0) is 12.3. The van der Waals surface area contributed by atoms with Gasteiger partial charge in [-0.05, 0) is 37.8 Å². The third-order valence-electron chi connectivity index (χ3n) is 4.23. The molecule has 2 nitrogen and oxygen atoms in total. The summed E-state index contributed by atoms with van der Waals surface area (Å²) in [4.78, 5) is 2.47. The van der Waals surface area contributed by atoms with E-state index in [1.165, 1.54) is 18.4 Å². The van der Waals surface area contributed by atoms with E-state index in [2.05, 4.69) is 49.2 Å². The fourth-order valence-electron chi connectivity index (χ4n) is 3.05. The number of hydrogen-bond acceptors (Lipinski definition) is 2. The average Bonchev–Trinajstić information content (AvgIpc) is 2.33. The van der Waals surface area contributed by atoms with E-state index < -0.39 is 0 Å². The second-order valence-electron chi connectivity index (χ2n) is 5.60. The van der Waals surface area contributed by atoms with E-state index in [4.69, 9.17) is 5.73 Å². The van der Waals surface area contributed by atoms with Crippen LogP contribution in [0.5, 0.6) is 0 Å². The van der Waals surface area contributed by atoms with Crippen molar-refractivity contribution in [3.8, 4) is 0 Å². The highest BCUT2D eigenvalue weighted by molar-refractivity contribution is 5.15. The van der Waals surface area contributed by atoms with Crippen LogP contribution in [0.3, 0.4) is 0 Å².